The predicted molar refractivity (Wildman–Crippen MR) is 80.4 cm³/mol. The summed E-state index contributed by atoms with van der Waals surface area (Å²) in [5, 5.41) is 0. The number of benzene rings is 1. The lowest BCUT2D eigenvalue weighted by Crippen LogP contribution is -2.44. The molecule has 1 aromatic carbocycles. The van der Waals surface area contributed by atoms with Crippen LogP contribution in [0.1, 0.15) is 19.4 Å². The number of hydrogen-bond donors (Lipinski definition) is 2. The maximum atomic E-state index is 11.9. The van der Waals surface area contributed by atoms with Crippen LogP contribution in [0, 0.1) is 0 Å². The van der Waals surface area contributed by atoms with Gasteiger partial charge in [0, 0.05) is 18.5 Å². The molecule has 0 aliphatic rings. The maximum absolute atomic E-state index is 11.9. The highest BCUT2D eigenvalue weighted by molar-refractivity contribution is 7.92. The minimum Gasteiger partial charge on any atom is -0.399 e. The molecular weight excluding hydrogens is 300 g/mol. The number of sulfone groups is 1. The third-order valence-corrected chi connectivity index (χ3v) is 6.48. The van der Waals surface area contributed by atoms with Crippen molar-refractivity contribution in [2.75, 3.05) is 18.5 Å². The average molecular weight is 320 g/mol. The quantitative estimate of drug-likeness (QED) is 0.743. The van der Waals surface area contributed by atoms with E-state index in [1.807, 2.05) is 0 Å². The van der Waals surface area contributed by atoms with E-state index in [1.165, 1.54) is 13.8 Å². The fourth-order valence-electron chi connectivity index (χ4n) is 1.37. The Morgan fingerprint density at radius 3 is 2.30 bits per heavy atom. The van der Waals surface area contributed by atoms with Crippen LogP contribution in [0.2, 0.25) is 0 Å². The van der Waals surface area contributed by atoms with Crippen LogP contribution in [-0.4, -0.2) is 34.4 Å². The van der Waals surface area contributed by atoms with Crippen LogP contribution in [0.3, 0.4) is 0 Å². The van der Waals surface area contributed by atoms with Gasteiger partial charge in [-0.1, -0.05) is 12.1 Å². The van der Waals surface area contributed by atoms with Crippen molar-refractivity contribution < 1.29 is 16.8 Å². The molecule has 0 bridgehead atoms. The Kier molecular flexibility index (Phi) is 4.83. The molecule has 1 rings (SSSR count). The van der Waals surface area contributed by atoms with Crippen molar-refractivity contribution in [1.82, 2.24) is 4.72 Å². The maximum Gasteiger partial charge on any atom is 0.215 e. The van der Waals surface area contributed by atoms with Gasteiger partial charge in [0.2, 0.25) is 10.0 Å². The lowest BCUT2D eigenvalue weighted by Gasteiger charge is -2.22. The summed E-state index contributed by atoms with van der Waals surface area (Å²) in [6.07, 6.45) is 1.08. The molecule has 0 spiro atoms. The molecule has 20 heavy (non-hydrogen) atoms. The topological polar surface area (TPSA) is 106 Å². The molecule has 0 radical (unpaired) electrons. The van der Waals surface area contributed by atoms with E-state index in [4.69, 9.17) is 5.73 Å². The van der Waals surface area contributed by atoms with Crippen molar-refractivity contribution in [3.63, 3.8) is 0 Å². The molecule has 0 atom stereocenters. The summed E-state index contributed by atoms with van der Waals surface area (Å²) in [5.74, 6) is -0.238. The fraction of sp³-hybridized carbons (Fsp3) is 0.500. The number of nitrogens with one attached hydrogen (secondary N) is 1. The Balaban J connectivity index is 2.77. The molecule has 114 valence electrons. The van der Waals surface area contributed by atoms with Crippen molar-refractivity contribution in [2.45, 2.75) is 24.3 Å². The second-order valence-corrected chi connectivity index (χ2v) is 9.81. The molecule has 1 aromatic rings. The van der Waals surface area contributed by atoms with Crippen LogP contribution < -0.4 is 10.5 Å². The van der Waals surface area contributed by atoms with Gasteiger partial charge in [-0.15, -0.1) is 0 Å². The van der Waals surface area contributed by atoms with E-state index in [2.05, 4.69) is 4.72 Å². The average Bonchev–Trinajstić information content (AvgIpc) is 2.24. The Morgan fingerprint density at radius 2 is 1.80 bits per heavy atom. The zero-order chi connectivity index (χ0) is 15.6. The van der Waals surface area contributed by atoms with Crippen molar-refractivity contribution in [1.29, 1.82) is 0 Å². The number of nitrogen functional groups attached to an aromatic ring is 1. The van der Waals surface area contributed by atoms with Gasteiger partial charge in [0.05, 0.1) is 10.5 Å². The highest BCUT2D eigenvalue weighted by atomic mass is 32.2. The lowest BCUT2D eigenvalue weighted by atomic mass is 10.2. The van der Waals surface area contributed by atoms with Gasteiger partial charge in [0.25, 0.3) is 0 Å². The number of anilines is 1. The minimum atomic E-state index is -3.61. The van der Waals surface area contributed by atoms with Crippen LogP contribution in [-0.2, 0) is 25.6 Å². The summed E-state index contributed by atoms with van der Waals surface area (Å²) in [5.41, 5.74) is 6.61. The molecule has 0 saturated heterocycles. The number of sulfonamides is 1. The second kappa shape index (κ2) is 5.71. The van der Waals surface area contributed by atoms with Gasteiger partial charge in [-0.3, -0.25) is 0 Å². The monoisotopic (exact) mass is 320 g/mol. The van der Waals surface area contributed by atoms with Gasteiger partial charge in [-0.05, 0) is 31.5 Å². The Morgan fingerprint density at radius 1 is 1.20 bits per heavy atom. The van der Waals surface area contributed by atoms with Gasteiger partial charge >= 0.3 is 0 Å². The van der Waals surface area contributed by atoms with Crippen LogP contribution >= 0.6 is 0 Å². The first-order valence-corrected chi connectivity index (χ1v) is 9.49. The summed E-state index contributed by atoms with van der Waals surface area (Å²) in [7, 11) is -6.97. The molecule has 8 heteroatoms. The summed E-state index contributed by atoms with van der Waals surface area (Å²) in [6, 6.07) is 6.55. The molecule has 0 heterocycles. The molecule has 0 aliphatic heterocycles. The Labute approximate surface area is 120 Å². The van der Waals surface area contributed by atoms with Gasteiger partial charge in [0.15, 0.2) is 9.84 Å². The third-order valence-electron chi connectivity index (χ3n) is 3.03. The predicted octanol–water partition coefficient (Wildman–Crippen LogP) is 0.511. The minimum absolute atomic E-state index is 0.170. The first kappa shape index (κ1) is 16.9. The van der Waals surface area contributed by atoms with Crippen molar-refractivity contribution in [2.24, 2.45) is 0 Å². The fourth-order valence-corrected chi connectivity index (χ4v) is 3.10. The van der Waals surface area contributed by atoms with Crippen LogP contribution in [0.15, 0.2) is 24.3 Å². The standard InChI is InChI=1S/C12H20N2O4S2/c1-12(2,19(3,15)16)9-14-20(17,18)8-10-5-4-6-11(13)7-10/h4-7,14H,8-9,13H2,1-3H3. The van der Waals surface area contributed by atoms with Crippen molar-refractivity contribution in [3.05, 3.63) is 29.8 Å². The summed E-state index contributed by atoms with van der Waals surface area (Å²) in [6.45, 7) is 2.78. The van der Waals surface area contributed by atoms with Gasteiger partial charge in [-0.2, -0.15) is 0 Å². The van der Waals surface area contributed by atoms with Crippen LogP contribution in [0.25, 0.3) is 0 Å². The molecular formula is C12H20N2O4S2. The van der Waals surface area contributed by atoms with Gasteiger partial charge in [0.1, 0.15) is 0 Å². The van der Waals surface area contributed by atoms with E-state index < -0.39 is 24.6 Å². The highest BCUT2D eigenvalue weighted by Gasteiger charge is 2.31. The first-order valence-electron chi connectivity index (χ1n) is 5.94. The smallest absolute Gasteiger partial charge is 0.215 e. The number of nitrogens with two attached hydrogens (primary N) is 1. The molecule has 0 aromatic heterocycles. The third kappa shape index (κ3) is 4.77. The lowest BCUT2D eigenvalue weighted by molar-refractivity contribution is 0.537. The SMILES string of the molecule is CC(C)(CNS(=O)(=O)Cc1cccc(N)c1)S(C)(=O)=O. The van der Waals surface area contributed by atoms with E-state index in [1.54, 1.807) is 24.3 Å². The highest BCUT2D eigenvalue weighted by Crippen LogP contribution is 2.15. The van der Waals surface area contributed by atoms with Crippen LogP contribution in [0.4, 0.5) is 5.69 Å². The molecule has 0 saturated carbocycles. The summed E-state index contributed by atoms with van der Waals surface area (Å²) < 4.78 is 48.1. The zero-order valence-electron chi connectivity index (χ0n) is 11.8. The van der Waals surface area contributed by atoms with Crippen molar-refractivity contribution in [3.8, 4) is 0 Å². The van der Waals surface area contributed by atoms with E-state index in [0.717, 1.165) is 6.26 Å². The zero-order valence-corrected chi connectivity index (χ0v) is 13.4. The van der Waals surface area contributed by atoms with E-state index >= 15 is 0 Å². The van der Waals surface area contributed by atoms with Gasteiger partial charge in [-0.25, -0.2) is 21.6 Å². The molecule has 0 unspecified atom stereocenters. The Bertz CT molecular complexity index is 679. The molecule has 6 nitrogen and oxygen atoms in total. The normalized spacial score (nSPS) is 13.3. The first-order chi connectivity index (χ1) is 8.93. The van der Waals surface area contributed by atoms with E-state index in [-0.39, 0.29) is 12.3 Å². The molecule has 0 amide bonds. The largest absolute Gasteiger partial charge is 0.399 e. The van der Waals surface area contributed by atoms with Crippen molar-refractivity contribution >= 4 is 25.5 Å². The molecule has 0 fully saturated rings. The van der Waals surface area contributed by atoms with E-state index in [9.17, 15) is 16.8 Å². The molecule has 3 N–H and O–H groups in total. The van der Waals surface area contributed by atoms with E-state index in [0.29, 0.717) is 11.3 Å². The van der Waals surface area contributed by atoms with Crippen LogP contribution in [0.5, 0.6) is 0 Å². The molecule has 0 aliphatic carbocycles. The number of hydrogen-bond acceptors (Lipinski definition) is 5. The second-order valence-electron chi connectivity index (χ2n) is 5.36. The number of rotatable bonds is 6. The van der Waals surface area contributed by atoms with Gasteiger partial charge < -0.3 is 5.73 Å². The summed E-state index contributed by atoms with van der Waals surface area (Å²) >= 11 is 0. The summed E-state index contributed by atoms with van der Waals surface area (Å²) in [4.78, 5) is 0. The Hall–Kier alpha value is -1.12.